The van der Waals surface area contributed by atoms with Crippen molar-refractivity contribution in [1.82, 2.24) is 5.32 Å². The fourth-order valence-corrected chi connectivity index (χ4v) is 1.83. The summed E-state index contributed by atoms with van der Waals surface area (Å²) in [4.78, 5) is 22.9. The van der Waals surface area contributed by atoms with Gasteiger partial charge in [0.1, 0.15) is 5.60 Å². The Morgan fingerprint density at radius 2 is 1.82 bits per heavy atom. The van der Waals surface area contributed by atoms with Crippen LogP contribution < -0.4 is 5.32 Å². The van der Waals surface area contributed by atoms with Crippen LogP contribution in [-0.4, -0.2) is 35.2 Å². The van der Waals surface area contributed by atoms with Crippen molar-refractivity contribution < 1.29 is 20.9 Å². The van der Waals surface area contributed by atoms with E-state index in [0.29, 0.717) is 13.0 Å². The van der Waals surface area contributed by atoms with Gasteiger partial charge in [-0.2, -0.15) is 0 Å². The second kappa shape index (κ2) is 7.94. The van der Waals surface area contributed by atoms with E-state index < -0.39 is 17.7 Å². The number of Topliss-reactive ketones (excluding diaryl/α,β-unsaturated/α-hetero) is 1. The molecular weight excluding hydrogens is 282 g/mol. The molecule has 1 aromatic rings. The SMILES string of the molecule is CC(C)C.C[C@@]1(C(=O)[C@H](Cc2ccccc2)NC(=O)O)CO1.[HH]. The molecule has 1 amide bonds. The monoisotopic (exact) mass is 309 g/mol. The van der Waals surface area contributed by atoms with Crippen molar-refractivity contribution in [3.05, 3.63) is 35.9 Å². The summed E-state index contributed by atoms with van der Waals surface area (Å²) in [5.41, 5.74) is 0.0934. The quantitative estimate of drug-likeness (QED) is 0.819. The topological polar surface area (TPSA) is 78.9 Å². The van der Waals surface area contributed by atoms with E-state index in [4.69, 9.17) is 9.84 Å². The molecule has 1 heterocycles. The Balaban J connectivity index is 0.000000871. The molecular formula is C17H27NO4. The summed E-state index contributed by atoms with van der Waals surface area (Å²) < 4.78 is 5.08. The molecule has 124 valence electrons. The van der Waals surface area contributed by atoms with Crippen LogP contribution >= 0.6 is 0 Å². The molecule has 0 radical (unpaired) electrons. The highest BCUT2D eigenvalue weighted by molar-refractivity contribution is 5.95. The van der Waals surface area contributed by atoms with Gasteiger partial charge in [0.05, 0.1) is 12.6 Å². The molecule has 2 atom stereocenters. The third-order valence-corrected chi connectivity index (χ3v) is 3.00. The van der Waals surface area contributed by atoms with Crippen LogP contribution in [0.1, 0.15) is 34.7 Å². The first kappa shape index (κ1) is 18.2. The van der Waals surface area contributed by atoms with Gasteiger partial charge < -0.3 is 15.2 Å². The number of amides is 1. The highest BCUT2D eigenvalue weighted by Crippen LogP contribution is 2.29. The number of rotatable bonds is 5. The Kier molecular flexibility index (Phi) is 6.56. The maximum Gasteiger partial charge on any atom is 0.405 e. The molecule has 0 aromatic heterocycles. The number of hydrogen-bond acceptors (Lipinski definition) is 3. The van der Waals surface area contributed by atoms with Crippen molar-refractivity contribution in [2.45, 2.75) is 45.8 Å². The highest BCUT2D eigenvalue weighted by Gasteiger charge is 2.50. The number of benzene rings is 1. The molecule has 0 unspecified atom stereocenters. The van der Waals surface area contributed by atoms with Gasteiger partial charge in [-0.25, -0.2) is 4.79 Å². The minimum Gasteiger partial charge on any atom is -0.465 e. The number of epoxide rings is 1. The molecule has 1 aromatic carbocycles. The van der Waals surface area contributed by atoms with Crippen molar-refractivity contribution in [3.63, 3.8) is 0 Å². The van der Waals surface area contributed by atoms with Gasteiger partial charge in [0.15, 0.2) is 5.78 Å². The summed E-state index contributed by atoms with van der Waals surface area (Å²) in [5, 5.41) is 11.1. The zero-order valence-corrected chi connectivity index (χ0v) is 13.6. The van der Waals surface area contributed by atoms with E-state index in [1.807, 2.05) is 30.3 Å². The summed E-state index contributed by atoms with van der Waals surface area (Å²) in [5.74, 6) is 0.619. The lowest BCUT2D eigenvalue weighted by Crippen LogP contribution is -2.46. The van der Waals surface area contributed by atoms with Crippen LogP contribution in [0.3, 0.4) is 0 Å². The molecule has 0 spiro atoms. The highest BCUT2D eigenvalue weighted by atomic mass is 16.6. The fourth-order valence-electron chi connectivity index (χ4n) is 1.83. The number of carbonyl (C=O) groups excluding carboxylic acids is 1. The van der Waals surface area contributed by atoms with Crippen LogP contribution in [0.4, 0.5) is 4.79 Å². The Labute approximate surface area is 133 Å². The lowest BCUT2D eigenvalue weighted by Gasteiger charge is -2.17. The normalized spacial score (nSPS) is 20.6. The van der Waals surface area contributed by atoms with Crippen LogP contribution in [0.25, 0.3) is 0 Å². The molecule has 5 heteroatoms. The number of ether oxygens (including phenoxy) is 1. The van der Waals surface area contributed by atoms with Crippen LogP contribution in [0, 0.1) is 5.92 Å². The van der Waals surface area contributed by atoms with E-state index >= 15 is 0 Å². The second-order valence-electron chi connectivity index (χ2n) is 6.31. The number of carboxylic acid groups (broad SMARTS) is 1. The molecule has 1 aliphatic heterocycles. The van der Waals surface area contributed by atoms with E-state index in [1.165, 1.54) is 0 Å². The first-order valence-electron chi connectivity index (χ1n) is 7.46. The number of nitrogens with one attached hydrogen (secondary N) is 1. The van der Waals surface area contributed by atoms with E-state index in [0.717, 1.165) is 11.5 Å². The minimum absolute atomic E-state index is 0. The van der Waals surface area contributed by atoms with E-state index in [1.54, 1.807) is 6.92 Å². The van der Waals surface area contributed by atoms with Gasteiger partial charge in [-0.05, 0) is 24.8 Å². The summed E-state index contributed by atoms with van der Waals surface area (Å²) in [6.07, 6.45) is -0.862. The minimum atomic E-state index is -1.20. The Morgan fingerprint density at radius 1 is 1.32 bits per heavy atom. The van der Waals surface area contributed by atoms with Crippen LogP contribution in [0.2, 0.25) is 0 Å². The largest absolute Gasteiger partial charge is 0.465 e. The Bertz CT molecular complexity index is 498. The number of hydrogen-bond donors (Lipinski definition) is 2. The zero-order chi connectivity index (χ0) is 16.8. The van der Waals surface area contributed by atoms with Crippen molar-refractivity contribution in [1.29, 1.82) is 0 Å². The van der Waals surface area contributed by atoms with Gasteiger partial charge in [0.25, 0.3) is 0 Å². The molecule has 1 saturated heterocycles. The third-order valence-electron chi connectivity index (χ3n) is 3.00. The van der Waals surface area contributed by atoms with Crippen molar-refractivity contribution in [2.24, 2.45) is 5.92 Å². The standard InChI is InChI=1S/C13H15NO4.C4H10.H2/c1-13(8-18-13)11(15)10(14-12(16)17)7-9-5-3-2-4-6-9;1-4(2)3;/h2-6,10,14H,7-8H2,1H3,(H,16,17);4H,1-3H3;1H/t10-,13-;;/m0../s1. The number of ketones is 1. The first-order chi connectivity index (χ1) is 10.2. The number of carbonyl (C=O) groups is 2. The van der Waals surface area contributed by atoms with E-state index in [-0.39, 0.29) is 7.21 Å². The lowest BCUT2D eigenvalue weighted by atomic mass is 9.95. The van der Waals surface area contributed by atoms with E-state index in [2.05, 4.69) is 26.1 Å². The molecule has 2 N–H and O–H groups in total. The average molecular weight is 309 g/mol. The molecule has 1 aliphatic rings. The molecule has 2 rings (SSSR count). The van der Waals surface area contributed by atoms with Crippen molar-refractivity contribution in [2.75, 3.05) is 6.61 Å². The molecule has 0 aliphatic carbocycles. The molecule has 0 bridgehead atoms. The zero-order valence-electron chi connectivity index (χ0n) is 13.6. The van der Waals surface area contributed by atoms with Gasteiger partial charge >= 0.3 is 6.09 Å². The van der Waals surface area contributed by atoms with Gasteiger partial charge in [-0.1, -0.05) is 51.1 Å². The maximum atomic E-state index is 12.1. The molecule has 0 saturated carbocycles. The van der Waals surface area contributed by atoms with E-state index in [9.17, 15) is 9.59 Å². The second-order valence-corrected chi connectivity index (χ2v) is 6.31. The Morgan fingerprint density at radius 3 is 2.23 bits per heavy atom. The fraction of sp³-hybridized carbons (Fsp3) is 0.529. The smallest absolute Gasteiger partial charge is 0.405 e. The first-order valence-corrected chi connectivity index (χ1v) is 7.46. The summed E-state index contributed by atoms with van der Waals surface area (Å²) in [6.45, 7) is 8.54. The predicted octanol–water partition coefficient (Wildman–Crippen LogP) is 3.13. The third kappa shape index (κ3) is 6.26. The van der Waals surface area contributed by atoms with Gasteiger partial charge in [0.2, 0.25) is 0 Å². The van der Waals surface area contributed by atoms with Gasteiger partial charge in [0, 0.05) is 1.43 Å². The average Bonchev–Trinajstić information content (AvgIpc) is 3.16. The summed E-state index contributed by atoms with van der Waals surface area (Å²) >= 11 is 0. The van der Waals surface area contributed by atoms with Crippen LogP contribution in [0.15, 0.2) is 30.3 Å². The lowest BCUT2D eigenvalue weighted by molar-refractivity contribution is -0.125. The molecule has 22 heavy (non-hydrogen) atoms. The van der Waals surface area contributed by atoms with Crippen molar-refractivity contribution >= 4 is 11.9 Å². The van der Waals surface area contributed by atoms with Crippen LogP contribution in [-0.2, 0) is 16.0 Å². The predicted molar refractivity (Wildman–Crippen MR) is 87.1 cm³/mol. The van der Waals surface area contributed by atoms with Crippen LogP contribution in [0.5, 0.6) is 0 Å². The maximum absolute atomic E-state index is 12.1. The van der Waals surface area contributed by atoms with Gasteiger partial charge in [-0.3, -0.25) is 4.79 Å². The molecule has 1 fully saturated rings. The summed E-state index contributed by atoms with van der Waals surface area (Å²) in [6, 6.07) is 8.54. The molecule has 5 nitrogen and oxygen atoms in total. The summed E-state index contributed by atoms with van der Waals surface area (Å²) in [7, 11) is 0. The van der Waals surface area contributed by atoms with Crippen molar-refractivity contribution in [3.8, 4) is 0 Å². The Hall–Kier alpha value is -1.88. The van der Waals surface area contributed by atoms with Gasteiger partial charge in [-0.15, -0.1) is 0 Å².